The summed E-state index contributed by atoms with van der Waals surface area (Å²) in [6, 6.07) is 9.70. The predicted octanol–water partition coefficient (Wildman–Crippen LogP) is 1.88. The quantitative estimate of drug-likeness (QED) is 0.200. The number of likely N-dealkylation sites (N-methyl/N-ethyl adjacent to an activating group) is 1. The SMILES string of the molecule is C=CCNC(=NCC(=O)N(C)C)NCCCOc1ccccc1.I. The lowest BCUT2D eigenvalue weighted by molar-refractivity contribution is -0.127. The van der Waals surface area contributed by atoms with Crippen LogP contribution in [0.1, 0.15) is 6.42 Å². The van der Waals surface area contributed by atoms with E-state index in [9.17, 15) is 4.79 Å². The number of halogens is 1. The van der Waals surface area contributed by atoms with E-state index in [1.165, 1.54) is 4.90 Å². The Kier molecular flexibility index (Phi) is 12.6. The van der Waals surface area contributed by atoms with E-state index in [0.29, 0.717) is 25.7 Å². The fourth-order valence-corrected chi connectivity index (χ4v) is 1.62. The van der Waals surface area contributed by atoms with Crippen molar-refractivity contribution in [2.75, 3.05) is 40.3 Å². The maximum Gasteiger partial charge on any atom is 0.243 e. The number of nitrogens with zero attached hydrogens (tertiary/aromatic N) is 2. The Balaban J connectivity index is 0.00000529. The van der Waals surface area contributed by atoms with E-state index < -0.39 is 0 Å². The molecule has 1 amide bonds. The van der Waals surface area contributed by atoms with Crippen molar-refractivity contribution in [3.63, 3.8) is 0 Å². The second-order valence-electron chi connectivity index (χ2n) is 5.06. The van der Waals surface area contributed by atoms with Crippen LogP contribution in [-0.4, -0.2) is 57.1 Å². The molecule has 0 saturated heterocycles. The summed E-state index contributed by atoms with van der Waals surface area (Å²) in [6.45, 7) is 5.67. The number of rotatable bonds is 9. The number of guanidine groups is 1. The van der Waals surface area contributed by atoms with Gasteiger partial charge in [0.1, 0.15) is 12.3 Å². The summed E-state index contributed by atoms with van der Waals surface area (Å²) in [4.78, 5) is 17.3. The molecule has 0 unspecified atom stereocenters. The molecule has 0 aromatic heterocycles. The zero-order chi connectivity index (χ0) is 16.9. The minimum Gasteiger partial charge on any atom is -0.494 e. The van der Waals surface area contributed by atoms with Gasteiger partial charge in [0.2, 0.25) is 5.91 Å². The highest BCUT2D eigenvalue weighted by atomic mass is 127. The lowest BCUT2D eigenvalue weighted by Crippen LogP contribution is -2.39. The Morgan fingerprint density at radius 3 is 2.62 bits per heavy atom. The number of aliphatic imine (C=N–C) groups is 1. The summed E-state index contributed by atoms with van der Waals surface area (Å²) in [6.07, 6.45) is 2.56. The third kappa shape index (κ3) is 10.1. The molecule has 1 aromatic rings. The summed E-state index contributed by atoms with van der Waals surface area (Å²) in [5.41, 5.74) is 0. The van der Waals surface area contributed by atoms with Crippen molar-refractivity contribution >= 4 is 35.8 Å². The number of amides is 1. The summed E-state index contributed by atoms with van der Waals surface area (Å²) >= 11 is 0. The first-order valence-electron chi connectivity index (χ1n) is 7.64. The Hall–Kier alpha value is -1.77. The summed E-state index contributed by atoms with van der Waals surface area (Å²) in [7, 11) is 3.42. The molecular formula is C17H27IN4O2. The van der Waals surface area contributed by atoms with Gasteiger partial charge in [0.15, 0.2) is 5.96 Å². The van der Waals surface area contributed by atoms with Gasteiger partial charge >= 0.3 is 0 Å². The molecule has 0 spiro atoms. The van der Waals surface area contributed by atoms with Gasteiger partial charge in [0.25, 0.3) is 0 Å². The van der Waals surface area contributed by atoms with Crippen molar-refractivity contribution < 1.29 is 9.53 Å². The highest BCUT2D eigenvalue weighted by Gasteiger charge is 2.03. The number of hydrogen-bond donors (Lipinski definition) is 2. The number of benzene rings is 1. The van der Waals surface area contributed by atoms with Crippen molar-refractivity contribution in [2.45, 2.75) is 6.42 Å². The van der Waals surface area contributed by atoms with Crippen LogP contribution in [0.5, 0.6) is 5.75 Å². The van der Waals surface area contributed by atoms with E-state index in [2.05, 4.69) is 22.2 Å². The first kappa shape index (κ1) is 22.2. The van der Waals surface area contributed by atoms with Gasteiger partial charge in [-0.3, -0.25) is 4.79 Å². The molecular weight excluding hydrogens is 419 g/mol. The van der Waals surface area contributed by atoms with E-state index in [1.54, 1.807) is 20.2 Å². The molecule has 0 bridgehead atoms. The van der Waals surface area contributed by atoms with Crippen LogP contribution < -0.4 is 15.4 Å². The van der Waals surface area contributed by atoms with Gasteiger partial charge in [-0.15, -0.1) is 30.6 Å². The normalized spacial score (nSPS) is 10.3. The average Bonchev–Trinajstić information content (AvgIpc) is 2.56. The van der Waals surface area contributed by atoms with Crippen molar-refractivity contribution in [2.24, 2.45) is 4.99 Å². The van der Waals surface area contributed by atoms with E-state index >= 15 is 0 Å². The molecule has 7 heteroatoms. The molecule has 6 nitrogen and oxygen atoms in total. The second-order valence-corrected chi connectivity index (χ2v) is 5.06. The largest absolute Gasteiger partial charge is 0.494 e. The van der Waals surface area contributed by atoms with Crippen molar-refractivity contribution in [1.82, 2.24) is 15.5 Å². The van der Waals surface area contributed by atoms with Gasteiger partial charge in [0, 0.05) is 27.2 Å². The minimum atomic E-state index is -0.0443. The molecule has 0 aliphatic heterocycles. The summed E-state index contributed by atoms with van der Waals surface area (Å²) in [5.74, 6) is 1.42. The first-order valence-corrected chi connectivity index (χ1v) is 7.64. The van der Waals surface area contributed by atoms with Crippen molar-refractivity contribution in [3.05, 3.63) is 43.0 Å². The molecule has 0 fully saturated rings. The summed E-state index contributed by atoms with van der Waals surface area (Å²) in [5, 5.41) is 6.26. The van der Waals surface area contributed by atoms with Gasteiger partial charge in [-0.2, -0.15) is 0 Å². The predicted molar refractivity (Wildman–Crippen MR) is 109 cm³/mol. The lowest BCUT2D eigenvalue weighted by Gasteiger charge is -2.13. The molecule has 0 heterocycles. The van der Waals surface area contributed by atoms with Crippen molar-refractivity contribution in [1.29, 1.82) is 0 Å². The third-order valence-corrected chi connectivity index (χ3v) is 2.91. The Labute approximate surface area is 161 Å². The topological polar surface area (TPSA) is 66.0 Å². The third-order valence-electron chi connectivity index (χ3n) is 2.91. The zero-order valence-corrected chi connectivity index (χ0v) is 16.7. The first-order chi connectivity index (χ1) is 11.1. The van der Waals surface area contributed by atoms with Gasteiger partial charge in [-0.05, 0) is 18.6 Å². The average molecular weight is 446 g/mol. The second kappa shape index (κ2) is 13.6. The van der Waals surface area contributed by atoms with Crippen LogP contribution in [0, 0.1) is 0 Å². The highest BCUT2D eigenvalue weighted by Crippen LogP contribution is 2.07. The lowest BCUT2D eigenvalue weighted by atomic mass is 10.3. The summed E-state index contributed by atoms with van der Waals surface area (Å²) < 4.78 is 5.62. The molecule has 0 saturated carbocycles. The van der Waals surface area contributed by atoms with E-state index in [4.69, 9.17) is 4.74 Å². The van der Waals surface area contributed by atoms with Gasteiger partial charge in [-0.1, -0.05) is 24.3 Å². The smallest absolute Gasteiger partial charge is 0.243 e. The van der Waals surface area contributed by atoms with E-state index in [1.807, 2.05) is 30.3 Å². The molecule has 24 heavy (non-hydrogen) atoms. The fourth-order valence-electron chi connectivity index (χ4n) is 1.62. The van der Waals surface area contributed by atoms with Crippen LogP contribution in [0.15, 0.2) is 48.0 Å². The van der Waals surface area contributed by atoms with Crippen LogP contribution >= 0.6 is 24.0 Å². The number of nitrogens with one attached hydrogen (secondary N) is 2. The number of carbonyl (C=O) groups excluding carboxylic acids is 1. The van der Waals surface area contributed by atoms with Crippen LogP contribution in [0.2, 0.25) is 0 Å². The van der Waals surface area contributed by atoms with E-state index in [-0.39, 0.29) is 36.4 Å². The van der Waals surface area contributed by atoms with Crippen molar-refractivity contribution in [3.8, 4) is 5.75 Å². The molecule has 0 aliphatic carbocycles. The molecule has 1 rings (SSSR count). The zero-order valence-electron chi connectivity index (χ0n) is 14.3. The number of hydrogen-bond acceptors (Lipinski definition) is 3. The molecule has 134 valence electrons. The fraction of sp³-hybridized carbons (Fsp3) is 0.412. The van der Waals surface area contributed by atoms with E-state index in [0.717, 1.165) is 12.2 Å². The standard InChI is InChI=1S/C17H26N4O2.HI/c1-4-11-18-17(20-14-16(22)21(2)3)19-12-8-13-23-15-9-6-5-7-10-15;/h4-7,9-10H,1,8,11-14H2,2-3H3,(H2,18,19,20);1H. The van der Waals surface area contributed by atoms with Crippen LogP contribution in [0.4, 0.5) is 0 Å². The molecule has 2 N–H and O–H groups in total. The molecule has 1 aromatic carbocycles. The maximum atomic E-state index is 11.6. The Morgan fingerprint density at radius 1 is 1.29 bits per heavy atom. The van der Waals surface area contributed by atoms with Crippen LogP contribution in [0.3, 0.4) is 0 Å². The number of para-hydroxylation sites is 1. The maximum absolute atomic E-state index is 11.6. The van der Waals surface area contributed by atoms with Gasteiger partial charge in [-0.25, -0.2) is 4.99 Å². The number of carbonyl (C=O) groups is 1. The Bertz CT molecular complexity index is 507. The monoisotopic (exact) mass is 446 g/mol. The molecule has 0 aliphatic rings. The van der Waals surface area contributed by atoms with Crippen LogP contribution in [-0.2, 0) is 4.79 Å². The van der Waals surface area contributed by atoms with Gasteiger partial charge < -0.3 is 20.3 Å². The Morgan fingerprint density at radius 2 is 2.00 bits per heavy atom. The molecule has 0 radical (unpaired) electrons. The highest BCUT2D eigenvalue weighted by molar-refractivity contribution is 14.0. The van der Waals surface area contributed by atoms with Gasteiger partial charge in [0.05, 0.1) is 6.61 Å². The number of ether oxygens (including phenoxy) is 1. The van der Waals surface area contributed by atoms with Crippen LogP contribution in [0.25, 0.3) is 0 Å². The minimum absolute atomic E-state index is 0. The molecule has 0 atom stereocenters.